The molecule has 0 unspecified atom stereocenters. The van der Waals surface area contributed by atoms with E-state index in [4.69, 9.17) is 12.2 Å². The Kier molecular flexibility index (Phi) is 4.47. The summed E-state index contributed by atoms with van der Waals surface area (Å²) in [5.41, 5.74) is 1.11. The molecule has 1 aromatic rings. The molecule has 0 saturated heterocycles. The van der Waals surface area contributed by atoms with Gasteiger partial charge in [-0.05, 0) is 6.42 Å². The third-order valence-corrected chi connectivity index (χ3v) is 2.23. The average molecular weight is 193 g/mol. The van der Waals surface area contributed by atoms with Crippen molar-refractivity contribution < 1.29 is 0 Å². The van der Waals surface area contributed by atoms with Crippen LogP contribution in [0.4, 0.5) is 0 Å². The monoisotopic (exact) mass is 193 g/mol. The van der Waals surface area contributed by atoms with Gasteiger partial charge in [-0.25, -0.2) is 0 Å². The fourth-order valence-corrected chi connectivity index (χ4v) is 1.31. The summed E-state index contributed by atoms with van der Waals surface area (Å²) in [5.74, 6) is 0. The van der Waals surface area contributed by atoms with Crippen LogP contribution < -0.4 is 5.32 Å². The average Bonchev–Trinajstić information content (AvgIpc) is 2.19. The van der Waals surface area contributed by atoms with E-state index in [-0.39, 0.29) is 0 Å². The second-order valence-electron chi connectivity index (χ2n) is 2.98. The van der Waals surface area contributed by atoms with Gasteiger partial charge >= 0.3 is 0 Å². The van der Waals surface area contributed by atoms with E-state index in [1.54, 1.807) is 0 Å². The number of benzene rings is 1. The molecule has 0 saturated carbocycles. The maximum Gasteiger partial charge on any atom is 0.106 e. The number of thiocarbonyl (C=S) groups is 1. The number of unbranched alkanes of at least 4 members (excludes halogenated alkanes) is 1. The Hall–Kier alpha value is -0.890. The van der Waals surface area contributed by atoms with E-state index in [1.165, 1.54) is 12.8 Å². The molecule has 0 fully saturated rings. The fourth-order valence-electron chi connectivity index (χ4n) is 1.07. The van der Waals surface area contributed by atoms with Crippen LogP contribution in [0.25, 0.3) is 0 Å². The molecule has 1 N–H and O–H groups in total. The minimum atomic E-state index is 0.856. The molecule has 0 aliphatic rings. The van der Waals surface area contributed by atoms with Crippen LogP contribution in [0.1, 0.15) is 25.3 Å². The van der Waals surface area contributed by atoms with Crippen molar-refractivity contribution in [2.45, 2.75) is 19.8 Å². The van der Waals surface area contributed by atoms with Crippen molar-refractivity contribution in [2.24, 2.45) is 0 Å². The van der Waals surface area contributed by atoms with Crippen LogP contribution in [0.2, 0.25) is 0 Å². The molecule has 0 amide bonds. The van der Waals surface area contributed by atoms with Crippen LogP contribution in [-0.4, -0.2) is 11.5 Å². The summed E-state index contributed by atoms with van der Waals surface area (Å²) >= 11 is 5.22. The molecular weight excluding hydrogens is 178 g/mol. The zero-order chi connectivity index (χ0) is 9.52. The minimum Gasteiger partial charge on any atom is -0.376 e. The highest BCUT2D eigenvalue weighted by atomic mass is 32.1. The van der Waals surface area contributed by atoms with Crippen molar-refractivity contribution in [3.05, 3.63) is 35.9 Å². The van der Waals surface area contributed by atoms with Crippen LogP contribution in [0.3, 0.4) is 0 Å². The molecule has 0 bridgehead atoms. The quantitative estimate of drug-likeness (QED) is 0.583. The van der Waals surface area contributed by atoms with E-state index in [9.17, 15) is 0 Å². The Balaban J connectivity index is 2.40. The smallest absolute Gasteiger partial charge is 0.106 e. The minimum absolute atomic E-state index is 0.856. The molecule has 0 aromatic heterocycles. The largest absolute Gasteiger partial charge is 0.376 e. The lowest BCUT2D eigenvalue weighted by Crippen LogP contribution is -2.23. The summed E-state index contributed by atoms with van der Waals surface area (Å²) in [4.78, 5) is 0.856. The van der Waals surface area contributed by atoms with Gasteiger partial charge in [0.2, 0.25) is 0 Å². The van der Waals surface area contributed by atoms with E-state index in [0.29, 0.717) is 0 Å². The van der Waals surface area contributed by atoms with Gasteiger partial charge in [-0.2, -0.15) is 0 Å². The summed E-state index contributed by atoms with van der Waals surface area (Å²) in [6, 6.07) is 10.1. The van der Waals surface area contributed by atoms with Crippen molar-refractivity contribution >= 4 is 17.2 Å². The highest BCUT2D eigenvalue weighted by Gasteiger charge is 1.96. The Morgan fingerprint density at radius 2 is 2.00 bits per heavy atom. The maximum absolute atomic E-state index is 5.22. The molecule has 0 spiro atoms. The van der Waals surface area contributed by atoms with Gasteiger partial charge < -0.3 is 5.32 Å². The number of hydrogen-bond donors (Lipinski definition) is 1. The molecule has 0 radical (unpaired) electrons. The van der Waals surface area contributed by atoms with Gasteiger partial charge in [0.1, 0.15) is 4.99 Å². The lowest BCUT2D eigenvalue weighted by molar-refractivity contribution is 0.759. The van der Waals surface area contributed by atoms with E-state index < -0.39 is 0 Å². The summed E-state index contributed by atoms with van der Waals surface area (Å²) in [6.07, 6.45) is 2.37. The Bertz CT molecular complexity index is 256. The number of nitrogens with one attached hydrogen (secondary N) is 1. The van der Waals surface area contributed by atoms with Gasteiger partial charge in [-0.1, -0.05) is 55.9 Å². The topological polar surface area (TPSA) is 12.0 Å². The van der Waals surface area contributed by atoms with Crippen molar-refractivity contribution in [1.29, 1.82) is 0 Å². The van der Waals surface area contributed by atoms with Crippen molar-refractivity contribution in [2.75, 3.05) is 6.54 Å². The summed E-state index contributed by atoms with van der Waals surface area (Å²) in [5, 5.41) is 3.23. The third-order valence-electron chi connectivity index (χ3n) is 1.85. The molecule has 13 heavy (non-hydrogen) atoms. The predicted octanol–water partition coefficient (Wildman–Crippen LogP) is 2.75. The molecule has 1 aromatic carbocycles. The molecule has 0 atom stereocenters. The predicted molar refractivity (Wildman–Crippen MR) is 61.1 cm³/mol. The SMILES string of the molecule is CCCCNC(=S)c1ccccc1. The van der Waals surface area contributed by atoms with Gasteiger partial charge in [0.15, 0.2) is 0 Å². The van der Waals surface area contributed by atoms with Crippen LogP contribution in [0, 0.1) is 0 Å². The first-order valence-corrected chi connectivity index (χ1v) is 5.08. The van der Waals surface area contributed by atoms with Crippen LogP contribution in [-0.2, 0) is 0 Å². The molecule has 2 heteroatoms. The second-order valence-corrected chi connectivity index (χ2v) is 3.38. The fraction of sp³-hybridized carbons (Fsp3) is 0.364. The molecule has 0 aliphatic carbocycles. The van der Waals surface area contributed by atoms with E-state index in [2.05, 4.69) is 12.2 Å². The summed E-state index contributed by atoms with van der Waals surface area (Å²) in [7, 11) is 0. The summed E-state index contributed by atoms with van der Waals surface area (Å²) < 4.78 is 0. The molecule has 70 valence electrons. The number of rotatable bonds is 4. The standard InChI is InChI=1S/C11H15NS/c1-2-3-9-12-11(13)10-7-5-4-6-8-10/h4-8H,2-3,9H2,1H3,(H,12,13). The first-order valence-electron chi connectivity index (χ1n) is 4.68. The Labute approximate surface area is 85.2 Å². The van der Waals surface area contributed by atoms with Crippen LogP contribution in [0.15, 0.2) is 30.3 Å². The molecule has 1 nitrogen and oxygen atoms in total. The zero-order valence-electron chi connectivity index (χ0n) is 7.92. The van der Waals surface area contributed by atoms with Crippen molar-refractivity contribution in [3.63, 3.8) is 0 Å². The lowest BCUT2D eigenvalue weighted by atomic mass is 10.2. The van der Waals surface area contributed by atoms with Crippen molar-refractivity contribution in [3.8, 4) is 0 Å². The highest BCUT2D eigenvalue weighted by molar-refractivity contribution is 7.80. The highest BCUT2D eigenvalue weighted by Crippen LogP contribution is 1.99. The van der Waals surface area contributed by atoms with E-state index >= 15 is 0 Å². The van der Waals surface area contributed by atoms with E-state index in [0.717, 1.165) is 17.1 Å². The molecule has 1 rings (SSSR count). The lowest BCUT2D eigenvalue weighted by Gasteiger charge is -2.06. The van der Waals surface area contributed by atoms with Gasteiger partial charge in [0, 0.05) is 12.1 Å². The first kappa shape index (κ1) is 10.2. The summed E-state index contributed by atoms with van der Waals surface area (Å²) in [6.45, 7) is 3.15. The van der Waals surface area contributed by atoms with Crippen molar-refractivity contribution in [1.82, 2.24) is 5.32 Å². The molecule has 0 heterocycles. The molecular formula is C11H15NS. The number of hydrogen-bond acceptors (Lipinski definition) is 1. The zero-order valence-corrected chi connectivity index (χ0v) is 8.73. The first-order chi connectivity index (χ1) is 6.34. The Morgan fingerprint density at radius 1 is 1.31 bits per heavy atom. The van der Waals surface area contributed by atoms with Crippen LogP contribution >= 0.6 is 12.2 Å². The van der Waals surface area contributed by atoms with E-state index in [1.807, 2.05) is 30.3 Å². The van der Waals surface area contributed by atoms with Gasteiger partial charge in [-0.15, -0.1) is 0 Å². The Morgan fingerprint density at radius 3 is 2.62 bits per heavy atom. The van der Waals surface area contributed by atoms with Gasteiger partial charge in [0.25, 0.3) is 0 Å². The van der Waals surface area contributed by atoms with Gasteiger partial charge in [0.05, 0.1) is 0 Å². The maximum atomic E-state index is 5.22. The second kappa shape index (κ2) is 5.70. The normalized spacial score (nSPS) is 9.62. The van der Waals surface area contributed by atoms with Crippen LogP contribution in [0.5, 0.6) is 0 Å². The van der Waals surface area contributed by atoms with Gasteiger partial charge in [-0.3, -0.25) is 0 Å². The third kappa shape index (κ3) is 3.55. The molecule has 0 aliphatic heterocycles.